The van der Waals surface area contributed by atoms with E-state index in [2.05, 4.69) is 12.1 Å². The minimum Gasteiger partial charge on any atom is -0.465 e. The highest BCUT2D eigenvalue weighted by atomic mass is 32.2. The van der Waals surface area contributed by atoms with Crippen LogP contribution in [0.2, 0.25) is 0 Å². The third-order valence-corrected chi connectivity index (χ3v) is 5.16. The van der Waals surface area contributed by atoms with Gasteiger partial charge in [-0.1, -0.05) is 48.5 Å². The van der Waals surface area contributed by atoms with E-state index in [1.807, 2.05) is 60.7 Å². The van der Waals surface area contributed by atoms with Crippen molar-refractivity contribution in [2.75, 3.05) is 6.54 Å². The molecular formula is C22H18N2O2S. The van der Waals surface area contributed by atoms with Crippen LogP contribution in [0.4, 0.5) is 5.69 Å². The minimum absolute atomic E-state index is 0.0398. The molecule has 0 N–H and O–H groups in total. The summed E-state index contributed by atoms with van der Waals surface area (Å²) in [6, 6.07) is 23.5. The molecule has 0 aliphatic carbocycles. The van der Waals surface area contributed by atoms with Gasteiger partial charge in [0.15, 0.2) is 5.17 Å². The number of benzene rings is 2. The first-order valence-corrected chi connectivity index (χ1v) is 9.54. The highest BCUT2D eigenvalue weighted by Crippen LogP contribution is 2.34. The van der Waals surface area contributed by atoms with Gasteiger partial charge in [0, 0.05) is 12.6 Å². The van der Waals surface area contributed by atoms with Gasteiger partial charge in [-0.3, -0.25) is 9.69 Å². The van der Waals surface area contributed by atoms with Gasteiger partial charge < -0.3 is 4.42 Å². The first-order valence-electron chi connectivity index (χ1n) is 8.72. The van der Waals surface area contributed by atoms with E-state index in [9.17, 15) is 4.79 Å². The van der Waals surface area contributed by atoms with Crippen molar-refractivity contribution in [1.29, 1.82) is 0 Å². The molecule has 0 radical (unpaired) electrons. The number of hydrogen-bond donors (Lipinski definition) is 0. The Morgan fingerprint density at radius 3 is 2.41 bits per heavy atom. The molecule has 0 bridgehead atoms. The summed E-state index contributed by atoms with van der Waals surface area (Å²) in [5.74, 6) is 0.622. The summed E-state index contributed by atoms with van der Waals surface area (Å²) in [5.41, 5.74) is 2.02. The van der Waals surface area contributed by atoms with Crippen molar-refractivity contribution < 1.29 is 9.21 Å². The number of amides is 1. The number of amidine groups is 1. The van der Waals surface area contributed by atoms with Crippen LogP contribution in [0.1, 0.15) is 11.3 Å². The van der Waals surface area contributed by atoms with E-state index in [0.29, 0.717) is 22.4 Å². The molecule has 1 aromatic heterocycles. The summed E-state index contributed by atoms with van der Waals surface area (Å²) in [4.78, 5) is 20.0. The van der Waals surface area contributed by atoms with Crippen LogP contribution in [0.3, 0.4) is 0 Å². The second-order valence-electron chi connectivity index (χ2n) is 6.05. The van der Waals surface area contributed by atoms with Crippen LogP contribution in [0, 0.1) is 0 Å². The highest BCUT2D eigenvalue weighted by Gasteiger charge is 2.33. The van der Waals surface area contributed by atoms with E-state index >= 15 is 0 Å². The van der Waals surface area contributed by atoms with Crippen molar-refractivity contribution >= 4 is 34.6 Å². The maximum atomic E-state index is 13.0. The second kappa shape index (κ2) is 8.10. The van der Waals surface area contributed by atoms with Crippen LogP contribution < -0.4 is 0 Å². The molecule has 1 fully saturated rings. The van der Waals surface area contributed by atoms with Crippen LogP contribution in [0.5, 0.6) is 0 Å². The molecule has 134 valence electrons. The number of thioether (sulfide) groups is 1. The molecule has 0 saturated carbocycles. The molecule has 3 aromatic rings. The first kappa shape index (κ1) is 17.4. The van der Waals surface area contributed by atoms with Crippen LogP contribution in [0.15, 0.2) is 93.4 Å². The lowest BCUT2D eigenvalue weighted by molar-refractivity contribution is -0.122. The zero-order valence-electron chi connectivity index (χ0n) is 14.6. The highest BCUT2D eigenvalue weighted by molar-refractivity contribution is 8.18. The average molecular weight is 374 g/mol. The zero-order chi connectivity index (χ0) is 18.5. The molecule has 4 nitrogen and oxygen atoms in total. The van der Waals surface area contributed by atoms with Crippen molar-refractivity contribution in [2.24, 2.45) is 4.99 Å². The third kappa shape index (κ3) is 4.20. The molecule has 4 rings (SSSR count). The molecule has 1 saturated heterocycles. The number of hydrogen-bond acceptors (Lipinski definition) is 4. The first-order chi connectivity index (χ1) is 13.3. The van der Waals surface area contributed by atoms with Gasteiger partial charge >= 0.3 is 0 Å². The zero-order valence-corrected chi connectivity index (χ0v) is 15.4. The Kier molecular flexibility index (Phi) is 5.21. The molecule has 1 amide bonds. The van der Waals surface area contributed by atoms with E-state index in [-0.39, 0.29) is 5.91 Å². The number of rotatable bonds is 5. The number of carbonyl (C=O) groups excluding carboxylic acids is 1. The average Bonchev–Trinajstić information content (AvgIpc) is 3.31. The standard InChI is InChI=1S/C22H18N2O2S/c25-21-20(16-19-12-7-15-26-19)27-22(23-18-10-5-2-6-11-18)24(21)14-13-17-8-3-1-4-9-17/h1-12,15-16H,13-14H2/b20-16+,23-22?. The Morgan fingerprint density at radius 2 is 1.70 bits per heavy atom. The van der Waals surface area contributed by atoms with Crippen LogP contribution in [0.25, 0.3) is 6.08 Å². The van der Waals surface area contributed by atoms with Crippen LogP contribution in [-0.4, -0.2) is 22.5 Å². The second-order valence-corrected chi connectivity index (χ2v) is 7.06. The lowest BCUT2D eigenvalue weighted by Gasteiger charge is -2.15. The molecule has 0 atom stereocenters. The van der Waals surface area contributed by atoms with E-state index < -0.39 is 0 Å². The molecule has 1 aliphatic heterocycles. The lowest BCUT2D eigenvalue weighted by Crippen LogP contribution is -2.31. The predicted octanol–water partition coefficient (Wildman–Crippen LogP) is 5.13. The molecule has 0 spiro atoms. The Balaban J connectivity index is 1.61. The Labute approximate surface area is 162 Å². The van der Waals surface area contributed by atoms with Gasteiger partial charge in [-0.2, -0.15) is 0 Å². The quantitative estimate of drug-likeness (QED) is 0.582. The Hall–Kier alpha value is -3.05. The van der Waals surface area contributed by atoms with Gasteiger partial charge in [-0.15, -0.1) is 0 Å². The van der Waals surface area contributed by atoms with Gasteiger partial charge in [0.1, 0.15) is 5.76 Å². The van der Waals surface area contributed by atoms with Gasteiger partial charge in [-0.05, 0) is 48.0 Å². The van der Waals surface area contributed by atoms with Gasteiger partial charge in [0.05, 0.1) is 16.9 Å². The Bertz CT molecular complexity index is 964. The minimum atomic E-state index is -0.0398. The van der Waals surface area contributed by atoms with Gasteiger partial charge in [0.2, 0.25) is 0 Å². The van der Waals surface area contributed by atoms with Crippen molar-refractivity contribution in [1.82, 2.24) is 4.90 Å². The van der Waals surface area contributed by atoms with E-state index in [1.165, 1.54) is 17.3 Å². The van der Waals surface area contributed by atoms with E-state index in [0.717, 1.165) is 12.1 Å². The number of para-hydroxylation sites is 1. The number of aliphatic imine (C=N–C) groups is 1. The van der Waals surface area contributed by atoms with Gasteiger partial charge in [-0.25, -0.2) is 4.99 Å². The largest absolute Gasteiger partial charge is 0.465 e. The van der Waals surface area contributed by atoms with Crippen LogP contribution in [-0.2, 0) is 11.2 Å². The van der Waals surface area contributed by atoms with E-state index in [1.54, 1.807) is 17.2 Å². The van der Waals surface area contributed by atoms with Crippen molar-refractivity contribution in [2.45, 2.75) is 6.42 Å². The molecule has 0 unspecified atom stereocenters. The normalized spacial score (nSPS) is 17.2. The predicted molar refractivity (Wildman–Crippen MR) is 110 cm³/mol. The van der Waals surface area contributed by atoms with Crippen molar-refractivity contribution in [3.63, 3.8) is 0 Å². The summed E-state index contributed by atoms with van der Waals surface area (Å²) in [6.07, 6.45) is 4.15. The summed E-state index contributed by atoms with van der Waals surface area (Å²) < 4.78 is 5.36. The van der Waals surface area contributed by atoms with Crippen LogP contribution >= 0.6 is 11.8 Å². The van der Waals surface area contributed by atoms with Gasteiger partial charge in [0.25, 0.3) is 5.91 Å². The van der Waals surface area contributed by atoms with Crippen molar-refractivity contribution in [3.05, 3.63) is 95.3 Å². The lowest BCUT2D eigenvalue weighted by atomic mass is 10.1. The fourth-order valence-electron chi connectivity index (χ4n) is 2.79. The number of furan rings is 1. The summed E-state index contributed by atoms with van der Waals surface area (Å²) in [6.45, 7) is 0.580. The molecule has 27 heavy (non-hydrogen) atoms. The molecule has 5 heteroatoms. The van der Waals surface area contributed by atoms with E-state index in [4.69, 9.17) is 9.41 Å². The molecule has 2 aromatic carbocycles. The fraction of sp³-hybridized carbons (Fsp3) is 0.0909. The Morgan fingerprint density at radius 1 is 0.963 bits per heavy atom. The number of carbonyl (C=O) groups is 1. The summed E-state index contributed by atoms with van der Waals surface area (Å²) in [7, 11) is 0. The molecule has 1 aliphatic rings. The number of nitrogens with zero attached hydrogens (tertiary/aromatic N) is 2. The summed E-state index contributed by atoms with van der Waals surface area (Å²) in [5, 5.41) is 0.694. The summed E-state index contributed by atoms with van der Waals surface area (Å²) >= 11 is 1.38. The SMILES string of the molecule is O=C1/C(=C\c2ccco2)SC(=Nc2ccccc2)N1CCc1ccccc1. The molecular weight excluding hydrogens is 356 g/mol. The molecule has 2 heterocycles. The monoisotopic (exact) mass is 374 g/mol. The smallest absolute Gasteiger partial charge is 0.266 e. The third-order valence-electron chi connectivity index (χ3n) is 4.15. The maximum absolute atomic E-state index is 13.0. The fourth-order valence-corrected chi connectivity index (χ4v) is 3.79. The van der Waals surface area contributed by atoms with Crippen molar-refractivity contribution in [3.8, 4) is 0 Å². The maximum Gasteiger partial charge on any atom is 0.266 e. The topological polar surface area (TPSA) is 45.8 Å².